The van der Waals surface area contributed by atoms with Gasteiger partial charge in [0.2, 0.25) is 0 Å². The Labute approximate surface area is 111 Å². The lowest BCUT2D eigenvalue weighted by molar-refractivity contribution is -0.137. The van der Waals surface area contributed by atoms with Crippen molar-refractivity contribution in [3.05, 3.63) is 0 Å². The molecule has 4 heteroatoms. The van der Waals surface area contributed by atoms with Crippen molar-refractivity contribution in [1.82, 2.24) is 10.2 Å². The Balaban J connectivity index is 2.74. The van der Waals surface area contributed by atoms with E-state index in [1.54, 1.807) is 0 Å². The first-order valence-corrected chi connectivity index (χ1v) is 6.86. The molecule has 4 nitrogen and oxygen atoms in total. The van der Waals surface area contributed by atoms with Crippen molar-refractivity contribution in [1.29, 1.82) is 0 Å². The highest BCUT2D eigenvalue weighted by Crippen LogP contribution is 2.29. The van der Waals surface area contributed by atoms with Crippen LogP contribution in [0.3, 0.4) is 0 Å². The number of rotatable bonds is 3. The van der Waals surface area contributed by atoms with Crippen LogP contribution in [0, 0.1) is 0 Å². The smallest absolute Gasteiger partial charge is 0.303 e. The van der Waals surface area contributed by atoms with E-state index in [4.69, 9.17) is 5.11 Å². The van der Waals surface area contributed by atoms with Gasteiger partial charge in [-0.2, -0.15) is 0 Å². The summed E-state index contributed by atoms with van der Waals surface area (Å²) < 4.78 is 0. The lowest BCUT2D eigenvalue weighted by atomic mass is 9.91. The maximum atomic E-state index is 10.7. The number of carboxylic acid groups (broad SMARTS) is 1. The van der Waals surface area contributed by atoms with Crippen molar-refractivity contribution >= 4 is 5.97 Å². The highest BCUT2D eigenvalue weighted by atomic mass is 16.4. The van der Waals surface area contributed by atoms with E-state index in [9.17, 15) is 4.79 Å². The number of aliphatic carboxylic acids is 1. The first-order chi connectivity index (χ1) is 8.13. The third kappa shape index (κ3) is 4.25. The van der Waals surface area contributed by atoms with Crippen molar-refractivity contribution in [2.75, 3.05) is 13.1 Å². The summed E-state index contributed by atoms with van der Waals surface area (Å²) in [6.45, 7) is 13.1. The molecule has 0 aliphatic carbocycles. The number of nitrogens with one attached hydrogen (secondary N) is 1. The standard InChI is InChI=1S/C14H28N2O2/c1-13(2,3)16-10-11(6-7-12(17)18)15-9-8-14(16,4)5/h11,15H,6-10H2,1-5H3,(H,17,18). The molecular formula is C14H28N2O2. The van der Waals surface area contributed by atoms with Gasteiger partial charge in [-0.3, -0.25) is 9.69 Å². The molecule has 0 radical (unpaired) electrons. The van der Waals surface area contributed by atoms with Crippen LogP contribution in [0.15, 0.2) is 0 Å². The monoisotopic (exact) mass is 256 g/mol. The SMILES string of the molecule is CC(C)(C)N1CC(CCC(=O)O)NCCC1(C)C. The molecule has 106 valence electrons. The van der Waals surface area contributed by atoms with Crippen molar-refractivity contribution in [3.8, 4) is 0 Å². The molecule has 0 bridgehead atoms. The summed E-state index contributed by atoms with van der Waals surface area (Å²) in [6.07, 6.45) is 2.04. The molecule has 1 saturated heterocycles. The Kier molecular flexibility index (Phi) is 4.78. The molecule has 1 fully saturated rings. The van der Waals surface area contributed by atoms with E-state index >= 15 is 0 Å². The fraction of sp³-hybridized carbons (Fsp3) is 0.929. The Morgan fingerprint density at radius 3 is 2.56 bits per heavy atom. The summed E-state index contributed by atoms with van der Waals surface area (Å²) >= 11 is 0. The zero-order chi connectivity index (χ0) is 14.0. The van der Waals surface area contributed by atoms with E-state index in [0.29, 0.717) is 6.42 Å². The summed E-state index contributed by atoms with van der Waals surface area (Å²) in [6, 6.07) is 0.280. The zero-order valence-electron chi connectivity index (χ0n) is 12.4. The fourth-order valence-electron chi connectivity index (χ4n) is 2.92. The molecular weight excluding hydrogens is 228 g/mol. The van der Waals surface area contributed by atoms with E-state index in [1.807, 2.05) is 0 Å². The van der Waals surface area contributed by atoms with Crippen molar-refractivity contribution in [2.45, 2.75) is 71.0 Å². The summed E-state index contributed by atoms with van der Waals surface area (Å²) in [4.78, 5) is 13.2. The van der Waals surface area contributed by atoms with Gasteiger partial charge in [0.25, 0.3) is 0 Å². The molecule has 0 saturated carbocycles. The maximum Gasteiger partial charge on any atom is 0.303 e. The van der Waals surface area contributed by atoms with Gasteiger partial charge in [0.15, 0.2) is 0 Å². The summed E-state index contributed by atoms with van der Waals surface area (Å²) in [5.74, 6) is -0.706. The topological polar surface area (TPSA) is 52.6 Å². The Morgan fingerprint density at radius 2 is 2.06 bits per heavy atom. The van der Waals surface area contributed by atoms with Gasteiger partial charge < -0.3 is 10.4 Å². The summed E-state index contributed by atoms with van der Waals surface area (Å²) in [5.41, 5.74) is 0.264. The van der Waals surface area contributed by atoms with Gasteiger partial charge >= 0.3 is 5.97 Å². The van der Waals surface area contributed by atoms with E-state index in [0.717, 1.165) is 19.5 Å². The summed E-state index contributed by atoms with van der Waals surface area (Å²) in [7, 11) is 0. The normalized spacial score (nSPS) is 25.7. The highest BCUT2D eigenvalue weighted by Gasteiger charge is 2.37. The second-order valence-corrected chi connectivity index (χ2v) is 6.93. The van der Waals surface area contributed by atoms with Crippen LogP contribution in [-0.4, -0.2) is 46.2 Å². The average Bonchev–Trinajstić information content (AvgIpc) is 2.32. The van der Waals surface area contributed by atoms with Crippen LogP contribution in [0.5, 0.6) is 0 Å². The van der Waals surface area contributed by atoms with Crippen LogP contribution in [-0.2, 0) is 4.79 Å². The van der Waals surface area contributed by atoms with Crippen LogP contribution in [0.2, 0.25) is 0 Å². The Morgan fingerprint density at radius 1 is 1.44 bits per heavy atom. The van der Waals surface area contributed by atoms with Crippen LogP contribution < -0.4 is 5.32 Å². The molecule has 1 aliphatic rings. The van der Waals surface area contributed by atoms with Gasteiger partial charge in [-0.15, -0.1) is 0 Å². The minimum absolute atomic E-state index is 0.108. The van der Waals surface area contributed by atoms with Crippen molar-refractivity contribution < 1.29 is 9.90 Å². The van der Waals surface area contributed by atoms with E-state index in [2.05, 4.69) is 44.8 Å². The van der Waals surface area contributed by atoms with Crippen molar-refractivity contribution in [3.63, 3.8) is 0 Å². The van der Waals surface area contributed by atoms with Crippen LogP contribution in [0.1, 0.15) is 53.9 Å². The number of hydrogen-bond donors (Lipinski definition) is 2. The van der Waals surface area contributed by atoms with Gasteiger partial charge in [-0.05, 0) is 54.0 Å². The molecule has 0 aromatic rings. The van der Waals surface area contributed by atoms with E-state index < -0.39 is 5.97 Å². The number of hydrogen-bond acceptors (Lipinski definition) is 3. The molecule has 0 aromatic carbocycles. The second-order valence-electron chi connectivity index (χ2n) is 6.93. The first kappa shape index (κ1) is 15.4. The van der Waals surface area contributed by atoms with E-state index in [1.165, 1.54) is 0 Å². The lowest BCUT2D eigenvalue weighted by Crippen LogP contribution is -2.55. The molecule has 1 heterocycles. The number of nitrogens with zero attached hydrogens (tertiary/aromatic N) is 1. The molecule has 0 amide bonds. The quantitative estimate of drug-likeness (QED) is 0.812. The van der Waals surface area contributed by atoms with Crippen LogP contribution >= 0.6 is 0 Å². The predicted molar refractivity (Wildman–Crippen MR) is 73.8 cm³/mol. The van der Waals surface area contributed by atoms with Gasteiger partial charge in [0, 0.05) is 30.1 Å². The first-order valence-electron chi connectivity index (χ1n) is 6.86. The van der Waals surface area contributed by atoms with Crippen LogP contribution in [0.4, 0.5) is 0 Å². The predicted octanol–water partition coefficient (Wildman–Crippen LogP) is 2.09. The molecule has 0 spiro atoms. The molecule has 0 aromatic heterocycles. The number of carboxylic acids is 1. The average molecular weight is 256 g/mol. The fourth-order valence-corrected chi connectivity index (χ4v) is 2.92. The van der Waals surface area contributed by atoms with E-state index in [-0.39, 0.29) is 23.5 Å². The third-order valence-electron chi connectivity index (χ3n) is 3.82. The zero-order valence-corrected chi connectivity index (χ0v) is 12.4. The van der Waals surface area contributed by atoms with Crippen molar-refractivity contribution in [2.24, 2.45) is 0 Å². The lowest BCUT2D eigenvalue weighted by Gasteiger charge is -2.47. The van der Waals surface area contributed by atoms with Crippen LogP contribution in [0.25, 0.3) is 0 Å². The molecule has 1 rings (SSSR count). The minimum Gasteiger partial charge on any atom is -0.481 e. The second kappa shape index (κ2) is 5.57. The molecule has 1 aliphatic heterocycles. The molecule has 18 heavy (non-hydrogen) atoms. The van der Waals surface area contributed by atoms with Gasteiger partial charge in [0.05, 0.1) is 0 Å². The molecule has 1 atom stereocenters. The van der Waals surface area contributed by atoms with Gasteiger partial charge in [-0.25, -0.2) is 0 Å². The largest absolute Gasteiger partial charge is 0.481 e. The Hall–Kier alpha value is -0.610. The number of carbonyl (C=O) groups is 1. The minimum atomic E-state index is -0.706. The third-order valence-corrected chi connectivity index (χ3v) is 3.82. The highest BCUT2D eigenvalue weighted by molar-refractivity contribution is 5.66. The maximum absolute atomic E-state index is 10.7. The summed E-state index contributed by atoms with van der Waals surface area (Å²) in [5, 5.41) is 12.3. The molecule has 2 N–H and O–H groups in total. The molecule has 1 unspecified atom stereocenters. The Bertz CT molecular complexity index is 295. The van der Waals surface area contributed by atoms with Gasteiger partial charge in [-0.1, -0.05) is 0 Å². The van der Waals surface area contributed by atoms with Gasteiger partial charge in [0.1, 0.15) is 0 Å².